The Kier molecular flexibility index (Phi) is 22.1. The lowest BCUT2D eigenvalue weighted by molar-refractivity contribution is 0.0131. The van der Waals surface area contributed by atoms with Crippen LogP contribution in [-0.4, -0.2) is 143 Å². The lowest BCUT2D eigenvalue weighted by Crippen LogP contribution is -2.49. The molecule has 4 bridgehead atoms. The first-order valence-electron chi connectivity index (χ1n) is 34.8. The third-order valence-corrected chi connectivity index (χ3v) is 31.8. The number of hydrogen-bond acceptors (Lipinski definition) is 16. The van der Waals surface area contributed by atoms with Gasteiger partial charge in [0.05, 0.1) is 68.3 Å². The molecule has 0 saturated heterocycles. The summed E-state index contributed by atoms with van der Waals surface area (Å²) in [4.78, 5) is 32.1. The fraction of sp³-hybridized carbons (Fsp3) is 0.595. The van der Waals surface area contributed by atoms with Gasteiger partial charge in [-0.15, -0.1) is 0 Å². The molecule has 12 rings (SSSR count). The van der Waals surface area contributed by atoms with Crippen LogP contribution in [0, 0.1) is 23.7 Å². The standard InChI is InChI=1S/2C37H49ClN2O7S2/c2*1-36(2,3)48(42,43)19-17-29-9-5-6-10-33(46-4)30-14-11-27(30)22-40-23-37(18-7-8-25-20-28(38)13-15-31(25)37)24-47-34-16-12-26(21-32(34)40)35(41)39-49(29,44)45/h2*6,10,12-13,15-16,20-21,27,29-30,33H,5,7-9,11,14,17-19,22-24H2,1-4H3,(H,39,41)/b2*10-6+/t27-,29+,30+,33-,37-;27-,29-,30+,33-,37-/m00/s1. The molecule has 4 aromatic carbocycles. The monoisotopic (exact) mass is 1460 g/mol. The molecule has 536 valence electrons. The Morgan fingerprint density at radius 1 is 0.561 bits per heavy atom. The van der Waals surface area contributed by atoms with Crippen LogP contribution >= 0.6 is 23.2 Å². The number of carbonyl (C=O) groups excluding carboxylic acids is 2. The average Bonchev–Trinajstić information content (AvgIpc) is 1.50. The van der Waals surface area contributed by atoms with Crippen LogP contribution in [-0.2, 0) is 72.9 Å². The minimum absolute atomic E-state index is 0.116. The number of benzene rings is 4. The van der Waals surface area contributed by atoms with Crippen LogP contribution in [0.3, 0.4) is 0 Å². The SMILES string of the molecule is CO[C@H]1/C=C/CC[C@@H](CCS(=O)(=O)C(C)(C)C)S(=O)(=O)NC(=O)c2ccc3c(c2)N(C[C@@H]2CC[C@H]21)C[C@@]1(CCCc2cc(Cl)ccc21)CO3.CO[C@H]1/C=C/CC[C@H](CCS(=O)(=O)C(C)(C)C)S(=O)(=O)NC(=O)c2ccc3c(c2)N(C[C@@H]2CC[C@H]21)C[C@@]1(CCCc2cc(Cl)ccc21)CO3. The molecule has 24 heteroatoms. The van der Waals surface area contributed by atoms with Gasteiger partial charge in [0.15, 0.2) is 19.7 Å². The smallest absolute Gasteiger partial charge is 0.264 e. The number of methoxy groups -OCH3 is 2. The van der Waals surface area contributed by atoms with E-state index in [0.29, 0.717) is 62.5 Å². The van der Waals surface area contributed by atoms with Gasteiger partial charge in [0, 0.05) is 72.4 Å². The molecule has 18 nitrogen and oxygen atoms in total. The van der Waals surface area contributed by atoms with Crippen molar-refractivity contribution < 1.29 is 62.2 Å². The van der Waals surface area contributed by atoms with Gasteiger partial charge in [-0.1, -0.05) is 59.6 Å². The summed E-state index contributed by atoms with van der Waals surface area (Å²) in [5.41, 5.74) is 6.33. The maximum atomic E-state index is 13.8. The number of hydrogen-bond donors (Lipinski definition) is 2. The van der Waals surface area contributed by atoms with Crippen molar-refractivity contribution in [3.05, 3.63) is 141 Å². The Morgan fingerprint density at radius 2 is 0.959 bits per heavy atom. The van der Waals surface area contributed by atoms with Gasteiger partial charge >= 0.3 is 0 Å². The van der Waals surface area contributed by atoms with Gasteiger partial charge in [-0.25, -0.2) is 43.1 Å². The minimum atomic E-state index is -4.23. The Balaban J connectivity index is 0.000000198. The van der Waals surface area contributed by atoms with E-state index in [0.717, 1.165) is 98.7 Å². The van der Waals surface area contributed by atoms with E-state index in [1.54, 1.807) is 92.2 Å². The van der Waals surface area contributed by atoms with Crippen molar-refractivity contribution in [1.29, 1.82) is 0 Å². The maximum Gasteiger partial charge on any atom is 0.264 e. The number of ether oxygens (including phenoxy) is 4. The molecule has 8 aliphatic rings. The van der Waals surface area contributed by atoms with Crippen LogP contribution in [0.2, 0.25) is 10.0 Å². The summed E-state index contributed by atoms with van der Waals surface area (Å²) in [5.74, 6) is 0.457. The number of sulfone groups is 2. The zero-order valence-corrected chi connectivity index (χ0v) is 62.6. The second kappa shape index (κ2) is 29.3. The largest absolute Gasteiger partial charge is 0.490 e. The number of halogens is 2. The van der Waals surface area contributed by atoms with Crippen molar-refractivity contribution in [2.45, 2.75) is 187 Å². The molecule has 2 spiro atoms. The van der Waals surface area contributed by atoms with Crippen LogP contribution < -0.4 is 28.7 Å². The zero-order chi connectivity index (χ0) is 70.4. The van der Waals surface area contributed by atoms with Gasteiger partial charge in [-0.2, -0.15) is 0 Å². The fourth-order valence-electron chi connectivity index (χ4n) is 16.0. The van der Waals surface area contributed by atoms with Crippen LogP contribution in [0.4, 0.5) is 11.4 Å². The van der Waals surface area contributed by atoms with E-state index in [2.05, 4.69) is 43.5 Å². The van der Waals surface area contributed by atoms with Crippen molar-refractivity contribution in [2.24, 2.45) is 23.7 Å². The zero-order valence-electron chi connectivity index (χ0n) is 57.8. The van der Waals surface area contributed by atoms with Crippen LogP contribution in [0.15, 0.2) is 97.1 Å². The Hall–Kier alpha value is -5.20. The van der Waals surface area contributed by atoms with E-state index in [4.69, 9.17) is 42.1 Å². The second-order valence-corrected chi connectivity index (χ2v) is 41.1. The number of carbonyl (C=O) groups is 2. The van der Waals surface area contributed by atoms with Crippen LogP contribution in [0.25, 0.3) is 0 Å². The molecule has 2 N–H and O–H groups in total. The van der Waals surface area contributed by atoms with E-state index in [1.807, 2.05) is 36.4 Å². The Labute approximate surface area is 591 Å². The number of amides is 2. The average molecular weight is 1470 g/mol. The van der Waals surface area contributed by atoms with Crippen molar-refractivity contribution >= 4 is 86.1 Å². The van der Waals surface area contributed by atoms with Crippen molar-refractivity contribution in [2.75, 3.05) is 74.9 Å². The fourth-order valence-corrected chi connectivity index (χ4v) is 22.0. The molecule has 4 aliphatic carbocycles. The second-order valence-electron chi connectivity index (χ2n) is 30.6. The number of rotatable bonds is 8. The lowest BCUT2D eigenvalue weighted by atomic mass is 9.68. The van der Waals surface area contributed by atoms with Crippen molar-refractivity contribution in [3.8, 4) is 11.5 Å². The Morgan fingerprint density at radius 3 is 1.32 bits per heavy atom. The quantitative estimate of drug-likeness (QED) is 0.156. The third-order valence-electron chi connectivity index (χ3n) is 22.4. The van der Waals surface area contributed by atoms with Gasteiger partial charge in [0.1, 0.15) is 11.5 Å². The normalized spacial score (nSPS) is 29.4. The molecule has 0 radical (unpaired) electrons. The van der Waals surface area contributed by atoms with Crippen molar-refractivity contribution in [1.82, 2.24) is 9.44 Å². The number of nitrogens with one attached hydrogen (secondary N) is 2. The number of nitrogens with zero attached hydrogens (tertiary/aromatic N) is 2. The molecule has 4 heterocycles. The van der Waals surface area contributed by atoms with E-state index >= 15 is 0 Å². The molecule has 98 heavy (non-hydrogen) atoms. The summed E-state index contributed by atoms with van der Waals surface area (Å²) >= 11 is 12.8. The number of allylic oxidation sites excluding steroid dienone is 2. The summed E-state index contributed by atoms with van der Waals surface area (Å²) in [6.07, 6.45) is 18.5. The molecular formula is C74H98Cl2N4O14S4. The molecule has 2 fully saturated rings. The highest BCUT2D eigenvalue weighted by molar-refractivity contribution is 7.93. The molecular weight excluding hydrogens is 1370 g/mol. The topological polar surface area (TPSA) is 238 Å². The molecule has 4 aromatic rings. The summed E-state index contributed by atoms with van der Waals surface area (Å²) in [6, 6.07) is 22.5. The van der Waals surface area contributed by atoms with Crippen LogP contribution in [0.5, 0.6) is 11.5 Å². The highest BCUT2D eigenvalue weighted by Crippen LogP contribution is 2.50. The molecule has 0 unspecified atom stereocenters. The third kappa shape index (κ3) is 15.9. The molecule has 0 aromatic heterocycles. The van der Waals surface area contributed by atoms with Crippen LogP contribution in [0.1, 0.15) is 174 Å². The number of fused-ring (bicyclic) bond motifs is 8. The summed E-state index contributed by atoms with van der Waals surface area (Å²) < 4.78 is 135. The van der Waals surface area contributed by atoms with E-state index in [-0.39, 0.29) is 83.2 Å². The van der Waals surface area contributed by atoms with E-state index in [1.165, 1.54) is 22.3 Å². The van der Waals surface area contributed by atoms with E-state index in [9.17, 15) is 43.3 Å². The summed E-state index contributed by atoms with van der Waals surface area (Å²) in [5, 5.41) is -0.718. The number of anilines is 2. The number of aryl methyl sites for hydroxylation is 2. The Bertz CT molecular complexity index is 3910. The van der Waals surface area contributed by atoms with Gasteiger partial charge in [0.2, 0.25) is 20.0 Å². The van der Waals surface area contributed by atoms with Gasteiger partial charge < -0.3 is 28.7 Å². The summed E-state index contributed by atoms with van der Waals surface area (Å²) in [6.45, 7) is 13.4. The van der Waals surface area contributed by atoms with Gasteiger partial charge in [-0.3, -0.25) is 9.59 Å². The first kappa shape index (κ1) is 74.0. The predicted octanol–water partition coefficient (Wildman–Crippen LogP) is 12.5. The predicted molar refractivity (Wildman–Crippen MR) is 388 cm³/mol. The minimum Gasteiger partial charge on any atom is -0.490 e. The highest BCUT2D eigenvalue weighted by atomic mass is 35.5. The molecule has 10 atom stereocenters. The molecule has 2 amide bonds. The highest BCUT2D eigenvalue weighted by Gasteiger charge is 2.48. The van der Waals surface area contributed by atoms with Gasteiger partial charge in [-0.05, 0) is 251 Å². The first-order valence-corrected chi connectivity index (χ1v) is 42.0. The molecule has 4 aliphatic heterocycles. The van der Waals surface area contributed by atoms with Crippen molar-refractivity contribution in [3.63, 3.8) is 0 Å². The maximum absolute atomic E-state index is 13.8. The lowest BCUT2D eigenvalue weighted by Gasteiger charge is -2.46. The molecule has 2 saturated carbocycles. The first-order chi connectivity index (χ1) is 46.2. The summed E-state index contributed by atoms with van der Waals surface area (Å²) in [7, 11) is -12.2. The van der Waals surface area contributed by atoms with E-state index < -0.39 is 71.5 Å². The number of sulfonamides is 2. The van der Waals surface area contributed by atoms with Gasteiger partial charge in [0.25, 0.3) is 11.8 Å².